The number of carbonyl (C=O) groups is 3. The zero-order valence-electron chi connectivity index (χ0n) is 34.1. The Morgan fingerprint density at radius 3 is 2.29 bits per heavy atom. The fourth-order valence-corrected chi connectivity index (χ4v) is 9.12. The van der Waals surface area contributed by atoms with E-state index in [1.54, 1.807) is 25.0 Å². The van der Waals surface area contributed by atoms with Crippen molar-refractivity contribution in [2.45, 2.75) is 84.1 Å². The van der Waals surface area contributed by atoms with Gasteiger partial charge >= 0.3 is 5.97 Å². The number of rotatable bonds is 17. The molecule has 5 rings (SSSR count). The first kappa shape index (κ1) is 41.7. The molecule has 0 radical (unpaired) electrons. The van der Waals surface area contributed by atoms with Gasteiger partial charge in [0.1, 0.15) is 17.0 Å². The Morgan fingerprint density at radius 1 is 1.00 bits per heavy atom. The lowest BCUT2D eigenvalue weighted by Gasteiger charge is -2.52. The smallest absolute Gasteiger partial charge is 0.329 e. The van der Waals surface area contributed by atoms with Crippen LogP contribution in [0.4, 0.5) is 0 Å². The van der Waals surface area contributed by atoms with Gasteiger partial charge in [0, 0.05) is 18.7 Å². The lowest BCUT2D eigenvalue weighted by Crippen LogP contribution is -2.66. The number of nitrogens with one attached hydrogen (secondary N) is 1. The fourth-order valence-electron chi connectivity index (χ4n) is 9.12. The highest BCUT2D eigenvalue weighted by Gasteiger charge is 2.57. The maximum absolute atomic E-state index is 14.5. The van der Waals surface area contributed by atoms with E-state index in [1.165, 1.54) is 0 Å². The second-order valence-corrected chi connectivity index (χ2v) is 16.2. The third-order valence-corrected chi connectivity index (χ3v) is 12.0. The van der Waals surface area contributed by atoms with Gasteiger partial charge in [-0.25, -0.2) is 9.48 Å². The third-order valence-electron chi connectivity index (χ3n) is 12.0. The number of amides is 2. The molecule has 2 aromatic carbocycles. The zero-order chi connectivity index (χ0) is 40.0. The summed E-state index contributed by atoms with van der Waals surface area (Å²) in [6.45, 7) is 10.8. The Hall–Kier alpha value is -4.42. The van der Waals surface area contributed by atoms with Gasteiger partial charge in [0.25, 0.3) is 11.8 Å². The number of carbonyl (C=O) groups excluding carboxylic acids is 2. The van der Waals surface area contributed by atoms with Crippen LogP contribution in [0, 0.1) is 23.7 Å². The Kier molecular flexibility index (Phi) is 13.7. The molecule has 1 heterocycles. The summed E-state index contributed by atoms with van der Waals surface area (Å²) in [5, 5.41) is 18.9. The summed E-state index contributed by atoms with van der Waals surface area (Å²) in [7, 11) is 7.19. The molecule has 2 amide bonds. The van der Waals surface area contributed by atoms with Crippen molar-refractivity contribution < 1.29 is 29.0 Å². The molecule has 3 aromatic rings. The zero-order valence-corrected chi connectivity index (χ0v) is 34.1. The van der Waals surface area contributed by atoms with Crippen LogP contribution < -0.4 is 20.5 Å². The summed E-state index contributed by atoms with van der Waals surface area (Å²) < 4.78 is 13.3. The van der Waals surface area contributed by atoms with Crippen LogP contribution in [-0.4, -0.2) is 103 Å². The number of aliphatic carboxylic acids is 1. The van der Waals surface area contributed by atoms with E-state index in [4.69, 9.17) is 20.3 Å². The number of benzene rings is 2. The maximum Gasteiger partial charge on any atom is 0.329 e. The Bertz CT molecular complexity index is 1800. The van der Waals surface area contributed by atoms with E-state index < -0.39 is 17.4 Å². The van der Waals surface area contributed by atoms with Crippen LogP contribution in [-0.2, 0) is 4.79 Å². The number of aromatic nitrogens is 2. The lowest BCUT2D eigenvalue weighted by atomic mass is 9.56. The van der Waals surface area contributed by atoms with E-state index in [0.29, 0.717) is 71.9 Å². The molecule has 0 aliphatic heterocycles. The molecule has 12 nitrogen and oxygen atoms in total. The number of carboxylic acid groups (broad SMARTS) is 1. The van der Waals surface area contributed by atoms with Gasteiger partial charge in [-0.15, -0.1) is 0 Å². The van der Waals surface area contributed by atoms with Crippen LogP contribution in [0.15, 0.2) is 42.5 Å². The summed E-state index contributed by atoms with van der Waals surface area (Å²) in [6, 6.07) is 12.7. The van der Waals surface area contributed by atoms with Crippen molar-refractivity contribution in [2.24, 2.45) is 29.4 Å². The highest BCUT2D eigenvalue weighted by Crippen LogP contribution is 2.51. The van der Waals surface area contributed by atoms with Crippen LogP contribution in [0.25, 0.3) is 16.9 Å². The summed E-state index contributed by atoms with van der Waals surface area (Å²) in [4.78, 5) is 45.8. The number of ether oxygens (including phenoxy) is 2. The van der Waals surface area contributed by atoms with Gasteiger partial charge in [-0.05, 0) is 137 Å². The minimum Gasteiger partial charge on any atom is -0.496 e. The molecule has 5 atom stereocenters. The van der Waals surface area contributed by atoms with Crippen LogP contribution in [0.1, 0.15) is 105 Å². The molecule has 1 aromatic heterocycles. The quantitative estimate of drug-likeness (QED) is 0.141. The van der Waals surface area contributed by atoms with Gasteiger partial charge in [0.05, 0.1) is 31.2 Å². The molecule has 2 saturated carbocycles. The van der Waals surface area contributed by atoms with Gasteiger partial charge in [-0.1, -0.05) is 40.2 Å². The van der Waals surface area contributed by atoms with Crippen LogP contribution in [0.3, 0.4) is 0 Å². The predicted octanol–water partition coefficient (Wildman–Crippen LogP) is 6.46. The SMILES string of the molecule is CCC1CC2CC(C)C(NC(=O)c3cc(-c4c(OC)cccc4OC)n(-c4ccc(C(=O)N(CCCN)CCCN(C)C)cc4C(C)C)n3)(C(=O)O)C(C1)C2. The van der Waals surface area contributed by atoms with Crippen molar-refractivity contribution in [1.82, 2.24) is 24.9 Å². The van der Waals surface area contributed by atoms with E-state index in [2.05, 4.69) is 31.0 Å². The minimum atomic E-state index is -1.42. The summed E-state index contributed by atoms with van der Waals surface area (Å²) in [5.74, 6) is -0.154. The molecular formula is C43H62N6O6. The van der Waals surface area contributed by atoms with Crippen molar-refractivity contribution in [3.8, 4) is 28.4 Å². The van der Waals surface area contributed by atoms with Crippen molar-refractivity contribution in [3.63, 3.8) is 0 Å². The number of nitrogens with two attached hydrogens (primary N) is 1. The molecule has 2 aliphatic carbocycles. The predicted molar refractivity (Wildman–Crippen MR) is 215 cm³/mol. The van der Waals surface area contributed by atoms with Gasteiger partial charge in [-0.3, -0.25) is 9.59 Å². The standard InChI is InChI=1S/C43H62N6O6/c1-9-29-22-30-21-28(4)43(42(52)53,32(23-29)24-30)45-40(50)34-26-36(39-37(54-7)13-10-14-38(39)55-8)49(46-34)35-16-15-31(25-33(35)27(2)3)41(51)48(19-11-17-44)20-12-18-47(5)6/h10,13-16,25-30,32H,9,11-12,17-24,44H2,1-8H3,(H,45,50)(H,52,53). The minimum absolute atomic E-state index is 0.0352. The van der Waals surface area contributed by atoms with Gasteiger partial charge in [-0.2, -0.15) is 5.10 Å². The first-order valence-corrected chi connectivity index (χ1v) is 19.9. The fraction of sp³-hybridized carbons (Fsp3) is 0.581. The number of hydrogen-bond donors (Lipinski definition) is 3. The van der Waals surface area contributed by atoms with E-state index >= 15 is 0 Å². The van der Waals surface area contributed by atoms with Gasteiger partial charge in [0.15, 0.2) is 5.69 Å². The number of carboxylic acids is 1. The second kappa shape index (κ2) is 18.0. The molecule has 5 unspecified atom stereocenters. The largest absolute Gasteiger partial charge is 0.496 e. The van der Waals surface area contributed by atoms with Crippen molar-refractivity contribution in [1.29, 1.82) is 0 Å². The van der Waals surface area contributed by atoms with E-state index in [-0.39, 0.29) is 29.4 Å². The van der Waals surface area contributed by atoms with Crippen molar-refractivity contribution in [2.75, 3.05) is 54.5 Å². The van der Waals surface area contributed by atoms with E-state index in [1.807, 2.05) is 62.3 Å². The second-order valence-electron chi connectivity index (χ2n) is 16.2. The van der Waals surface area contributed by atoms with Gasteiger partial charge in [0.2, 0.25) is 0 Å². The maximum atomic E-state index is 14.5. The molecule has 2 fully saturated rings. The number of methoxy groups -OCH3 is 2. The monoisotopic (exact) mass is 758 g/mol. The molecule has 12 heteroatoms. The molecule has 2 aliphatic rings. The highest BCUT2D eigenvalue weighted by molar-refractivity contribution is 5.98. The lowest BCUT2D eigenvalue weighted by molar-refractivity contribution is -0.155. The number of fused-ring (bicyclic) bond motifs is 2. The highest BCUT2D eigenvalue weighted by atomic mass is 16.5. The molecule has 4 N–H and O–H groups in total. The molecule has 0 saturated heterocycles. The van der Waals surface area contributed by atoms with Crippen LogP contribution in [0.2, 0.25) is 0 Å². The number of hydrogen-bond acceptors (Lipinski definition) is 8. The van der Waals surface area contributed by atoms with Gasteiger partial charge < -0.3 is 35.4 Å². The Labute approximate surface area is 326 Å². The third kappa shape index (κ3) is 8.70. The average molecular weight is 759 g/mol. The Balaban J connectivity index is 1.62. The van der Waals surface area contributed by atoms with Crippen molar-refractivity contribution >= 4 is 17.8 Å². The first-order chi connectivity index (χ1) is 26.3. The summed E-state index contributed by atoms with van der Waals surface area (Å²) >= 11 is 0. The number of nitrogens with zero attached hydrogens (tertiary/aromatic N) is 4. The van der Waals surface area contributed by atoms with Crippen LogP contribution >= 0.6 is 0 Å². The molecule has 0 spiro atoms. The Morgan fingerprint density at radius 2 is 1.69 bits per heavy atom. The topological polar surface area (TPSA) is 152 Å². The molecule has 2 bridgehead atoms. The first-order valence-electron chi connectivity index (χ1n) is 19.9. The molecule has 300 valence electrons. The van der Waals surface area contributed by atoms with Crippen molar-refractivity contribution in [3.05, 3.63) is 59.3 Å². The summed E-state index contributed by atoms with van der Waals surface area (Å²) in [6.07, 6.45) is 5.94. The molecular weight excluding hydrogens is 697 g/mol. The van der Waals surface area contributed by atoms with E-state index in [9.17, 15) is 19.5 Å². The normalized spacial score (nSPS) is 22.1. The average Bonchev–Trinajstić information content (AvgIpc) is 3.61. The van der Waals surface area contributed by atoms with Crippen LogP contribution in [0.5, 0.6) is 11.5 Å². The molecule has 55 heavy (non-hydrogen) atoms. The van der Waals surface area contributed by atoms with E-state index in [0.717, 1.165) is 50.6 Å². The summed E-state index contributed by atoms with van der Waals surface area (Å²) in [5.41, 5.74) is 7.70.